The van der Waals surface area contributed by atoms with Gasteiger partial charge in [-0.05, 0) is 78.8 Å². The molecule has 2 heterocycles. The van der Waals surface area contributed by atoms with E-state index < -0.39 is 0 Å². The van der Waals surface area contributed by atoms with Crippen molar-refractivity contribution in [2.45, 2.75) is 40.5 Å². The molecule has 0 spiro atoms. The zero-order valence-corrected chi connectivity index (χ0v) is 27.2. The lowest BCUT2D eigenvalue weighted by molar-refractivity contribution is 0.874. The minimum absolute atomic E-state index is 0.190. The number of aryl methyl sites for hydroxylation is 1. The molecule has 0 fully saturated rings. The molecule has 0 saturated heterocycles. The molecule has 0 atom stereocenters. The lowest BCUT2D eigenvalue weighted by atomic mass is 9.97. The first-order chi connectivity index (χ1) is 22.5. The Morgan fingerprint density at radius 2 is 1.61 bits per heavy atom. The van der Waals surface area contributed by atoms with Crippen LogP contribution in [-0.2, 0) is 12.8 Å². The van der Waals surface area contributed by atoms with Crippen LogP contribution in [0.25, 0.3) is 40.0 Å². The topological polar surface area (TPSA) is 30.2 Å². The normalized spacial score (nSPS) is 12.0. The fraction of sp³-hybridized carbons (Fsp3) is 0.163. The van der Waals surface area contributed by atoms with Gasteiger partial charge in [0.25, 0.3) is 0 Å². The van der Waals surface area contributed by atoms with Gasteiger partial charge in [0.2, 0.25) is 0 Å². The smallest absolute Gasteiger partial charge is 0.0886 e. The SMILES string of the molecule is C=Cc1c(/C=C\C)c2ccccc2n1-c1cccc(-c2ccc(CC)c(C(=Nc3ccccc3Cc3ccccc3)C(C)C)n2)c1. The number of allylic oxidation sites excluding steroid dienone is 1. The maximum Gasteiger partial charge on any atom is 0.0886 e. The van der Waals surface area contributed by atoms with E-state index in [0.29, 0.717) is 0 Å². The molecule has 6 rings (SSSR count). The molecular formula is C43H41N3. The molecule has 0 bridgehead atoms. The quantitative estimate of drug-likeness (QED) is 0.144. The van der Waals surface area contributed by atoms with E-state index in [1.807, 2.05) is 6.08 Å². The van der Waals surface area contributed by atoms with E-state index in [-0.39, 0.29) is 5.92 Å². The highest BCUT2D eigenvalue weighted by Crippen LogP contribution is 2.33. The zero-order valence-electron chi connectivity index (χ0n) is 27.2. The fourth-order valence-electron chi connectivity index (χ4n) is 6.24. The third-order valence-electron chi connectivity index (χ3n) is 8.50. The molecule has 6 aromatic rings. The molecule has 0 amide bonds. The largest absolute Gasteiger partial charge is 0.309 e. The summed E-state index contributed by atoms with van der Waals surface area (Å²) in [6.07, 6.45) is 7.93. The summed E-state index contributed by atoms with van der Waals surface area (Å²) in [5, 5.41) is 1.21. The summed E-state index contributed by atoms with van der Waals surface area (Å²) in [4.78, 5) is 10.7. The van der Waals surface area contributed by atoms with E-state index in [1.54, 1.807) is 0 Å². The number of fused-ring (bicyclic) bond motifs is 1. The van der Waals surface area contributed by atoms with Crippen molar-refractivity contribution >= 4 is 34.5 Å². The van der Waals surface area contributed by atoms with Gasteiger partial charge >= 0.3 is 0 Å². The lowest BCUT2D eigenvalue weighted by Gasteiger charge is -2.17. The summed E-state index contributed by atoms with van der Waals surface area (Å²) in [6, 6.07) is 40.7. The van der Waals surface area contributed by atoms with Gasteiger partial charge in [-0.2, -0.15) is 0 Å². The summed E-state index contributed by atoms with van der Waals surface area (Å²) in [7, 11) is 0. The molecular weight excluding hydrogens is 558 g/mol. The van der Waals surface area contributed by atoms with Crippen LogP contribution in [0.2, 0.25) is 0 Å². The van der Waals surface area contributed by atoms with Crippen LogP contribution in [0.1, 0.15) is 61.3 Å². The van der Waals surface area contributed by atoms with E-state index in [1.165, 1.54) is 27.6 Å². The summed E-state index contributed by atoms with van der Waals surface area (Å²) in [5.41, 5.74) is 13.2. The van der Waals surface area contributed by atoms with Crippen LogP contribution < -0.4 is 0 Å². The van der Waals surface area contributed by atoms with Crippen molar-refractivity contribution in [2.24, 2.45) is 10.9 Å². The number of pyridine rings is 1. The average molecular weight is 600 g/mol. The molecule has 2 aromatic heterocycles. The Bertz CT molecular complexity index is 2060. The highest BCUT2D eigenvalue weighted by molar-refractivity contribution is 6.03. The van der Waals surface area contributed by atoms with Crippen LogP contribution in [0.5, 0.6) is 0 Å². The second kappa shape index (κ2) is 13.8. The van der Waals surface area contributed by atoms with Gasteiger partial charge in [0, 0.05) is 22.2 Å². The van der Waals surface area contributed by atoms with Gasteiger partial charge in [0.1, 0.15) is 0 Å². The molecule has 0 aliphatic heterocycles. The molecule has 228 valence electrons. The van der Waals surface area contributed by atoms with Gasteiger partial charge in [0.15, 0.2) is 0 Å². The first-order valence-corrected chi connectivity index (χ1v) is 16.2. The number of benzene rings is 4. The highest BCUT2D eigenvalue weighted by Gasteiger charge is 2.19. The third-order valence-corrected chi connectivity index (χ3v) is 8.50. The molecule has 0 N–H and O–H groups in total. The van der Waals surface area contributed by atoms with Crippen LogP contribution in [0, 0.1) is 5.92 Å². The van der Waals surface area contributed by atoms with Crippen LogP contribution in [0.3, 0.4) is 0 Å². The monoisotopic (exact) mass is 599 g/mol. The van der Waals surface area contributed by atoms with Gasteiger partial charge in [0.05, 0.1) is 34.0 Å². The van der Waals surface area contributed by atoms with Gasteiger partial charge in [-0.3, -0.25) is 4.99 Å². The minimum atomic E-state index is 0.190. The molecule has 4 aromatic carbocycles. The summed E-state index contributed by atoms with van der Waals surface area (Å²) in [6.45, 7) is 12.9. The molecule has 3 nitrogen and oxygen atoms in total. The summed E-state index contributed by atoms with van der Waals surface area (Å²) < 4.78 is 2.30. The first kappa shape index (κ1) is 30.7. The molecule has 3 heteroatoms. The standard InChI is InChI=1S/C43H41N3/c1-6-17-36-37-23-13-15-25-41(37)46(40(36)8-3)35-22-16-21-34(29-35)39-27-26-32(7-2)43(45-39)42(30(4)5)44-38-24-14-12-20-33(38)28-31-18-10-9-11-19-31/h6,8-27,29-30H,3,7,28H2,1-2,4-5H3/b17-6-,44-42?. The van der Waals surface area contributed by atoms with Crippen LogP contribution >= 0.6 is 0 Å². The average Bonchev–Trinajstić information content (AvgIpc) is 3.41. The molecule has 46 heavy (non-hydrogen) atoms. The van der Waals surface area contributed by atoms with Gasteiger partial charge in [-0.1, -0.05) is 124 Å². The molecule has 0 saturated carbocycles. The minimum Gasteiger partial charge on any atom is -0.309 e. The van der Waals surface area contributed by atoms with Crippen molar-refractivity contribution in [3.63, 3.8) is 0 Å². The third kappa shape index (κ3) is 6.14. The summed E-state index contributed by atoms with van der Waals surface area (Å²) in [5.74, 6) is 0.190. The number of hydrogen-bond donors (Lipinski definition) is 0. The predicted molar refractivity (Wildman–Crippen MR) is 197 cm³/mol. The summed E-state index contributed by atoms with van der Waals surface area (Å²) >= 11 is 0. The first-order valence-electron chi connectivity index (χ1n) is 16.2. The van der Waals surface area contributed by atoms with Crippen LogP contribution in [0.4, 0.5) is 5.69 Å². The number of hydrogen-bond acceptors (Lipinski definition) is 2. The number of aliphatic imine (C=N–C) groups is 1. The van der Waals surface area contributed by atoms with Gasteiger partial charge in [-0.15, -0.1) is 0 Å². The van der Waals surface area contributed by atoms with Crippen molar-refractivity contribution in [3.05, 3.63) is 162 Å². The van der Waals surface area contributed by atoms with E-state index >= 15 is 0 Å². The van der Waals surface area contributed by atoms with Crippen molar-refractivity contribution < 1.29 is 0 Å². The molecule has 0 unspecified atom stereocenters. The van der Waals surface area contributed by atoms with E-state index in [0.717, 1.165) is 58.1 Å². The Labute approximate surface area is 273 Å². The van der Waals surface area contributed by atoms with Crippen LogP contribution in [0.15, 0.2) is 133 Å². The van der Waals surface area contributed by atoms with E-state index in [9.17, 15) is 0 Å². The Kier molecular flexibility index (Phi) is 9.21. The number of rotatable bonds is 10. The second-order valence-corrected chi connectivity index (χ2v) is 11.9. The maximum atomic E-state index is 5.35. The number of aromatic nitrogens is 2. The Balaban J connectivity index is 1.46. The van der Waals surface area contributed by atoms with Gasteiger partial charge in [-0.25, -0.2) is 4.98 Å². The number of nitrogens with zero attached hydrogens (tertiary/aromatic N) is 3. The van der Waals surface area contributed by atoms with Crippen LogP contribution in [-0.4, -0.2) is 15.3 Å². The Hall–Kier alpha value is -5.28. The highest BCUT2D eigenvalue weighted by atomic mass is 15.0. The molecule has 0 aliphatic rings. The van der Waals surface area contributed by atoms with E-state index in [4.69, 9.17) is 9.98 Å². The fourth-order valence-corrected chi connectivity index (χ4v) is 6.24. The second-order valence-electron chi connectivity index (χ2n) is 11.9. The molecule has 0 radical (unpaired) electrons. The van der Waals surface area contributed by atoms with Crippen molar-refractivity contribution in [1.29, 1.82) is 0 Å². The Morgan fingerprint density at radius 1 is 0.848 bits per heavy atom. The molecule has 0 aliphatic carbocycles. The Morgan fingerprint density at radius 3 is 2.37 bits per heavy atom. The predicted octanol–water partition coefficient (Wildman–Crippen LogP) is 11.3. The van der Waals surface area contributed by atoms with E-state index in [2.05, 4.69) is 166 Å². The van der Waals surface area contributed by atoms with Crippen molar-refractivity contribution in [3.8, 4) is 16.9 Å². The van der Waals surface area contributed by atoms with Crippen molar-refractivity contribution in [1.82, 2.24) is 9.55 Å². The lowest BCUT2D eigenvalue weighted by Crippen LogP contribution is -2.15. The number of para-hydroxylation sites is 2. The maximum absolute atomic E-state index is 5.35. The zero-order chi connectivity index (χ0) is 32.0. The van der Waals surface area contributed by atoms with Crippen molar-refractivity contribution in [2.75, 3.05) is 0 Å². The van der Waals surface area contributed by atoms with Gasteiger partial charge < -0.3 is 4.57 Å².